The van der Waals surface area contributed by atoms with Crippen LogP contribution in [0, 0.1) is 0 Å². The van der Waals surface area contributed by atoms with Gasteiger partial charge in [0, 0.05) is 24.8 Å². The lowest BCUT2D eigenvalue weighted by Gasteiger charge is -2.40. The lowest BCUT2D eigenvalue weighted by molar-refractivity contribution is -0.132. The Morgan fingerprint density at radius 3 is 2.18 bits per heavy atom. The van der Waals surface area contributed by atoms with Gasteiger partial charge in [-0.15, -0.1) is 0 Å². The molecule has 0 saturated carbocycles. The highest BCUT2D eigenvalue weighted by molar-refractivity contribution is 5.90. The van der Waals surface area contributed by atoms with Crippen LogP contribution in [0.15, 0.2) is 91.0 Å². The van der Waals surface area contributed by atoms with E-state index in [0.717, 1.165) is 17.5 Å². The first-order valence-corrected chi connectivity index (χ1v) is 15.4. The largest absolute Gasteiger partial charge is 0.353 e. The summed E-state index contributed by atoms with van der Waals surface area (Å²) in [5, 5.41) is 14.6. The van der Waals surface area contributed by atoms with E-state index < -0.39 is 24.2 Å². The Balaban J connectivity index is 1.46. The minimum absolute atomic E-state index is 0.0244. The van der Waals surface area contributed by atoms with Gasteiger partial charge in [0.25, 0.3) is 0 Å². The van der Waals surface area contributed by atoms with E-state index in [2.05, 4.69) is 26.6 Å². The molecule has 0 radical (unpaired) electrons. The molecule has 1 heterocycles. The van der Waals surface area contributed by atoms with Gasteiger partial charge in [0.1, 0.15) is 6.04 Å². The number of anilines is 1. The molecule has 1 fully saturated rings. The number of carbonyl (C=O) groups excluding carboxylic acids is 4. The molecule has 45 heavy (non-hydrogen) atoms. The van der Waals surface area contributed by atoms with Crippen LogP contribution in [0.4, 0.5) is 10.5 Å². The van der Waals surface area contributed by atoms with Gasteiger partial charge in [0.15, 0.2) is 0 Å². The first kappa shape index (κ1) is 33.2. The van der Waals surface area contributed by atoms with Crippen LogP contribution in [-0.4, -0.2) is 73.0 Å². The molecule has 7 N–H and O–H groups in total. The third-order valence-corrected chi connectivity index (χ3v) is 7.69. The molecule has 1 aliphatic heterocycles. The molecule has 3 atom stereocenters. The summed E-state index contributed by atoms with van der Waals surface area (Å²) >= 11 is 0. The molecule has 238 valence electrons. The summed E-state index contributed by atoms with van der Waals surface area (Å²) in [6.07, 6.45) is 2.32. The Labute approximate surface area is 264 Å². The number of hydrogen-bond donors (Lipinski definition) is 6. The number of nitrogens with one attached hydrogen (secondary N) is 5. The van der Waals surface area contributed by atoms with Crippen molar-refractivity contribution in [2.24, 2.45) is 5.73 Å². The normalized spacial score (nSPS) is 16.1. The summed E-state index contributed by atoms with van der Waals surface area (Å²) in [7, 11) is 0. The predicted octanol–water partition coefficient (Wildman–Crippen LogP) is 2.15. The molecule has 3 aromatic carbocycles. The van der Waals surface area contributed by atoms with E-state index in [0.29, 0.717) is 38.0 Å². The minimum Gasteiger partial charge on any atom is -0.353 e. The third kappa shape index (κ3) is 11.0. The van der Waals surface area contributed by atoms with Crippen LogP contribution in [0.3, 0.4) is 0 Å². The number of benzene rings is 3. The Kier molecular flexibility index (Phi) is 12.9. The molecule has 0 bridgehead atoms. The van der Waals surface area contributed by atoms with Gasteiger partial charge < -0.3 is 32.3 Å². The van der Waals surface area contributed by atoms with E-state index in [4.69, 9.17) is 5.73 Å². The fourth-order valence-corrected chi connectivity index (χ4v) is 5.38. The SMILES string of the molecule is NCCCC[C@H](NC(=O)CN1CC(=O)NC[C@H]1[C@H](Cc1ccccc1)NC(=O)Nc1ccccc1)C(=O)NCc1ccccc1. The average molecular weight is 614 g/mol. The van der Waals surface area contributed by atoms with E-state index >= 15 is 0 Å². The van der Waals surface area contributed by atoms with Gasteiger partial charge in [-0.2, -0.15) is 0 Å². The molecule has 0 aromatic heterocycles. The van der Waals surface area contributed by atoms with Gasteiger partial charge in [-0.25, -0.2) is 4.79 Å². The van der Waals surface area contributed by atoms with Crippen molar-refractivity contribution >= 4 is 29.4 Å². The highest BCUT2D eigenvalue weighted by Gasteiger charge is 2.35. The molecular weight excluding hydrogens is 570 g/mol. The van der Waals surface area contributed by atoms with Crippen molar-refractivity contribution in [1.29, 1.82) is 0 Å². The number of hydrogen-bond acceptors (Lipinski definition) is 6. The van der Waals surface area contributed by atoms with Crippen molar-refractivity contribution in [1.82, 2.24) is 26.2 Å². The number of para-hydroxylation sites is 1. The maximum absolute atomic E-state index is 13.4. The van der Waals surface area contributed by atoms with Gasteiger partial charge in [0.05, 0.1) is 19.1 Å². The summed E-state index contributed by atoms with van der Waals surface area (Å²) < 4.78 is 0. The van der Waals surface area contributed by atoms with Crippen molar-refractivity contribution in [3.05, 3.63) is 102 Å². The molecule has 1 aliphatic rings. The standard InChI is InChI=1S/C34H43N7O4/c35-19-11-10-18-28(33(44)37-21-26-14-6-2-7-15-26)39-32(43)24-41-23-31(42)36-22-30(41)29(20-25-12-4-1-5-13-25)40-34(45)38-27-16-8-3-9-17-27/h1-9,12-17,28-30H,10-11,18-24,35H2,(H,36,42)(H,37,44)(H,39,43)(H2,38,40,45)/t28-,29-,30-/m0/s1. The molecule has 11 heteroatoms. The molecular formula is C34H43N7O4. The lowest BCUT2D eigenvalue weighted by Crippen LogP contribution is -2.64. The highest BCUT2D eigenvalue weighted by Crippen LogP contribution is 2.15. The molecule has 0 spiro atoms. The summed E-state index contributed by atoms with van der Waals surface area (Å²) in [6.45, 7) is 0.931. The third-order valence-electron chi connectivity index (χ3n) is 7.69. The zero-order valence-corrected chi connectivity index (χ0v) is 25.4. The van der Waals surface area contributed by atoms with Crippen LogP contribution in [-0.2, 0) is 27.3 Å². The maximum Gasteiger partial charge on any atom is 0.319 e. The van der Waals surface area contributed by atoms with Gasteiger partial charge in [-0.1, -0.05) is 78.9 Å². The van der Waals surface area contributed by atoms with Crippen molar-refractivity contribution in [2.45, 2.75) is 50.4 Å². The zero-order chi connectivity index (χ0) is 31.9. The van der Waals surface area contributed by atoms with Crippen molar-refractivity contribution in [2.75, 3.05) is 31.5 Å². The van der Waals surface area contributed by atoms with Crippen molar-refractivity contribution < 1.29 is 19.2 Å². The van der Waals surface area contributed by atoms with Crippen LogP contribution >= 0.6 is 0 Å². The molecule has 0 unspecified atom stereocenters. The van der Waals surface area contributed by atoms with Gasteiger partial charge in [-0.3, -0.25) is 19.3 Å². The first-order valence-electron chi connectivity index (χ1n) is 15.4. The maximum atomic E-state index is 13.4. The fraction of sp³-hybridized carbons (Fsp3) is 0.353. The van der Waals surface area contributed by atoms with E-state index in [1.807, 2.05) is 78.9 Å². The number of nitrogens with zero attached hydrogens (tertiary/aromatic N) is 1. The lowest BCUT2D eigenvalue weighted by atomic mass is 9.96. The predicted molar refractivity (Wildman–Crippen MR) is 174 cm³/mol. The van der Waals surface area contributed by atoms with Crippen LogP contribution in [0.1, 0.15) is 30.4 Å². The number of nitrogens with two attached hydrogens (primary N) is 1. The van der Waals surface area contributed by atoms with Crippen LogP contribution in [0.2, 0.25) is 0 Å². The summed E-state index contributed by atoms with van der Waals surface area (Å²) in [5.74, 6) is -0.876. The summed E-state index contributed by atoms with van der Waals surface area (Å²) in [6, 6.07) is 26.4. The minimum atomic E-state index is -0.750. The summed E-state index contributed by atoms with van der Waals surface area (Å²) in [4.78, 5) is 54.0. The first-order chi connectivity index (χ1) is 21.9. The Bertz CT molecular complexity index is 1380. The smallest absolute Gasteiger partial charge is 0.319 e. The Morgan fingerprint density at radius 1 is 0.867 bits per heavy atom. The van der Waals surface area contributed by atoms with Gasteiger partial charge in [0.2, 0.25) is 17.7 Å². The monoisotopic (exact) mass is 613 g/mol. The van der Waals surface area contributed by atoms with Crippen LogP contribution < -0.4 is 32.3 Å². The van der Waals surface area contributed by atoms with Gasteiger partial charge >= 0.3 is 6.03 Å². The Morgan fingerprint density at radius 2 is 1.51 bits per heavy atom. The molecule has 5 amide bonds. The van der Waals surface area contributed by atoms with Crippen molar-refractivity contribution in [3.8, 4) is 0 Å². The molecule has 4 rings (SSSR count). The number of rotatable bonds is 15. The zero-order valence-electron chi connectivity index (χ0n) is 25.4. The number of piperazine rings is 1. The molecule has 1 saturated heterocycles. The molecule has 3 aromatic rings. The number of unbranched alkanes of at least 4 members (excludes halogenated alkanes) is 1. The van der Waals surface area contributed by atoms with Crippen LogP contribution in [0.5, 0.6) is 0 Å². The van der Waals surface area contributed by atoms with Crippen molar-refractivity contribution in [3.63, 3.8) is 0 Å². The summed E-state index contributed by atoms with van der Waals surface area (Å²) in [5.41, 5.74) is 8.27. The van der Waals surface area contributed by atoms with E-state index in [9.17, 15) is 19.2 Å². The molecule has 0 aliphatic carbocycles. The number of amides is 5. The van der Waals surface area contributed by atoms with Gasteiger partial charge in [-0.05, 0) is 55.5 Å². The quantitative estimate of drug-likeness (QED) is 0.144. The second-order valence-corrected chi connectivity index (χ2v) is 11.1. The number of urea groups is 1. The van der Waals surface area contributed by atoms with E-state index in [1.54, 1.807) is 17.0 Å². The second-order valence-electron chi connectivity index (χ2n) is 11.1. The van der Waals surface area contributed by atoms with E-state index in [1.165, 1.54) is 0 Å². The molecule has 11 nitrogen and oxygen atoms in total. The van der Waals surface area contributed by atoms with E-state index in [-0.39, 0.29) is 37.4 Å². The fourth-order valence-electron chi connectivity index (χ4n) is 5.38. The van der Waals surface area contributed by atoms with Crippen LogP contribution in [0.25, 0.3) is 0 Å². The highest BCUT2D eigenvalue weighted by atomic mass is 16.2. The second kappa shape index (κ2) is 17.5. The average Bonchev–Trinajstić information content (AvgIpc) is 3.04. The topological polar surface area (TPSA) is 158 Å². The number of carbonyl (C=O) groups is 4. The Hall–Kier alpha value is -4.74.